The van der Waals surface area contributed by atoms with Gasteiger partial charge in [-0.25, -0.2) is 4.98 Å². The lowest BCUT2D eigenvalue weighted by molar-refractivity contribution is 0.00859. The number of pyridine rings is 1. The molecule has 0 bridgehead atoms. The molecule has 0 aliphatic carbocycles. The molecule has 3 rings (SSSR count). The van der Waals surface area contributed by atoms with E-state index in [0.717, 1.165) is 25.9 Å². The van der Waals surface area contributed by atoms with Gasteiger partial charge in [-0.1, -0.05) is 28.4 Å². The summed E-state index contributed by atoms with van der Waals surface area (Å²) in [5, 5.41) is 8.00. The number of hydrogen-bond donors (Lipinski definition) is 1. The third-order valence-electron chi connectivity index (χ3n) is 3.22. The van der Waals surface area contributed by atoms with Crippen LogP contribution in [0.5, 0.6) is 0 Å². The first-order valence-corrected chi connectivity index (χ1v) is 7.44. The molecule has 6 nitrogen and oxygen atoms in total. The predicted octanol–water partition coefficient (Wildman–Crippen LogP) is 2.71. The Morgan fingerprint density at radius 2 is 2.14 bits per heavy atom. The molecule has 0 amide bonds. The van der Waals surface area contributed by atoms with Gasteiger partial charge < -0.3 is 14.6 Å². The molecule has 0 saturated carbocycles. The van der Waals surface area contributed by atoms with Gasteiger partial charge in [0, 0.05) is 6.20 Å². The highest BCUT2D eigenvalue weighted by molar-refractivity contribution is 6.35. The van der Waals surface area contributed by atoms with E-state index in [1.54, 1.807) is 6.07 Å². The van der Waals surface area contributed by atoms with Gasteiger partial charge in [-0.2, -0.15) is 4.98 Å². The number of nitrogens with one attached hydrogen (secondary N) is 1. The minimum atomic E-state index is 0.235. The second kappa shape index (κ2) is 6.70. The largest absolute Gasteiger partial charge is 0.368 e. The second-order valence-electron chi connectivity index (χ2n) is 4.76. The zero-order valence-corrected chi connectivity index (χ0v) is 12.7. The number of ether oxygens (including phenoxy) is 1. The average molecular weight is 329 g/mol. The highest BCUT2D eigenvalue weighted by Crippen LogP contribution is 2.25. The van der Waals surface area contributed by atoms with Gasteiger partial charge in [0.15, 0.2) is 0 Å². The van der Waals surface area contributed by atoms with Crippen molar-refractivity contribution >= 4 is 23.2 Å². The molecule has 0 unspecified atom stereocenters. The van der Waals surface area contributed by atoms with Crippen LogP contribution in [-0.2, 0) is 11.3 Å². The fourth-order valence-electron chi connectivity index (χ4n) is 2.14. The molecule has 2 aromatic rings. The number of halogens is 2. The van der Waals surface area contributed by atoms with Crippen LogP contribution in [0.1, 0.15) is 18.7 Å². The molecule has 1 saturated heterocycles. The van der Waals surface area contributed by atoms with Crippen LogP contribution < -0.4 is 5.32 Å². The van der Waals surface area contributed by atoms with Crippen molar-refractivity contribution in [3.8, 4) is 11.5 Å². The van der Waals surface area contributed by atoms with Crippen LogP contribution in [0, 0.1) is 0 Å². The van der Waals surface area contributed by atoms with Crippen LogP contribution in [0.2, 0.25) is 10.0 Å². The molecular weight excluding hydrogens is 315 g/mol. The van der Waals surface area contributed by atoms with Gasteiger partial charge in [-0.15, -0.1) is 0 Å². The molecule has 1 aliphatic rings. The van der Waals surface area contributed by atoms with E-state index in [4.69, 9.17) is 32.5 Å². The normalized spacial score (nSPS) is 16.3. The minimum absolute atomic E-state index is 0.235. The highest BCUT2D eigenvalue weighted by atomic mass is 35.5. The zero-order chi connectivity index (χ0) is 14.7. The Balaban J connectivity index is 1.65. The first kappa shape index (κ1) is 14.7. The Labute approximate surface area is 131 Å². The van der Waals surface area contributed by atoms with E-state index in [9.17, 15) is 0 Å². The summed E-state index contributed by atoms with van der Waals surface area (Å²) in [6.45, 7) is 2.25. The lowest BCUT2D eigenvalue weighted by atomic mass is 10.1. The molecule has 0 spiro atoms. The Morgan fingerprint density at radius 1 is 1.33 bits per heavy atom. The van der Waals surface area contributed by atoms with E-state index in [1.807, 2.05) is 0 Å². The lowest BCUT2D eigenvalue weighted by Gasteiger charge is -2.21. The standard InChI is InChI=1S/C13H14Cl2N4O2/c14-8-5-10(15)12(17-6-8)13-18-11(21-19-13)7-20-9-1-3-16-4-2-9/h5-6,9,16H,1-4,7H2. The summed E-state index contributed by atoms with van der Waals surface area (Å²) in [5.41, 5.74) is 0.443. The molecule has 8 heteroatoms. The smallest absolute Gasteiger partial charge is 0.253 e. The van der Waals surface area contributed by atoms with Crippen LogP contribution in [-0.4, -0.2) is 34.3 Å². The number of piperidine rings is 1. The minimum Gasteiger partial charge on any atom is -0.368 e. The van der Waals surface area contributed by atoms with E-state index >= 15 is 0 Å². The maximum absolute atomic E-state index is 6.07. The first-order chi connectivity index (χ1) is 10.2. The van der Waals surface area contributed by atoms with Crippen LogP contribution in [0.3, 0.4) is 0 Å². The fourth-order valence-corrected chi connectivity index (χ4v) is 2.60. The first-order valence-electron chi connectivity index (χ1n) is 6.68. The molecule has 0 atom stereocenters. The lowest BCUT2D eigenvalue weighted by Crippen LogP contribution is -2.32. The van der Waals surface area contributed by atoms with Crippen molar-refractivity contribution in [2.75, 3.05) is 13.1 Å². The topological polar surface area (TPSA) is 73.1 Å². The van der Waals surface area contributed by atoms with Crippen molar-refractivity contribution in [3.63, 3.8) is 0 Å². The third-order valence-corrected chi connectivity index (χ3v) is 3.71. The Kier molecular flexibility index (Phi) is 4.70. The number of rotatable bonds is 4. The molecule has 2 aromatic heterocycles. The Bertz CT molecular complexity index is 614. The second-order valence-corrected chi connectivity index (χ2v) is 5.60. The van der Waals surface area contributed by atoms with E-state index in [0.29, 0.717) is 34.1 Å². The fraction of sp³-hybridized carbons (Fsp3) is 0.462. The van der Waals surface area contributed by atoms with Crippen molar-refractivity contribution < 1.29 is 9.26 Å². The van der Waals surface area contributed by atoms with E-state index in [-0.39, 0.29) is 6.10 Å². The van der Waals surface area contributed by atoms with Crippen molar-refractivity contribution in [2.45, 2.75) is 25.6 Å². The number of hydrogen-bond acceptors (Lipinski definition) is 6. The summed E-state index contributed by atoms with van der Waals surface area (Å²) in [4.78, 5) is 8.36. The molecule has 3 heterocycles. The Hall–Kier alpha value is -1.21. The van der Waals surface area contributed by atoms with Gasteiger partial charge >= 0.3 is 0 Å². The summed E-state index contributed by atoms with van der Waals surface area (Å²) >= 11 is 11.9. The van der Waals surface area contributed by atoms with Crippen molar-refractivity contribution in [1.82, 2.24) is 20.4 Å². The van der Waals surface area contributed by atoms with E-state index in [2.05, 4.69) is 20.4 Å². The summed E-state index contributed by atoms with van der Waals surface area (Å²) < 4.78 is 10.9. The van der Waals surface area contributed by atoms with Crippen LogP contribution in [0.4, 0.5) is 0 Å². The van der Waals surface area contributed by atoms with Gasteiger partial charge in [0.1, 0.15) is 12.3 Å². The molecule has 0 aromatic carbocycles. The summed E-state index contributed by atoms with van der Waals surface area (Å²) in [6, 6.07) is 1.59. The maximum atomic E-state index is 6.07. The summed E-state index contributed by atoms with van der Waals surface area (Å²) in [6.07, 6.45) is 3.71. The average Bonchev–Trinajstić information content (AvgIpc) is 2.95. The summed E-state index contributed by atoms with van der Waals surface area (Å²) in [7, 11) is 0. The van der Waals surface area contributed by atoms with E-state index in [1.165, 1.54) is 6.20 Å². The van der Waals surface area contributed by atoms with Crippen LogP contribution in [0.25, 0.3) is 11.5 Å². The van der Waals surface area contributed by atoms with Crippen LogP contribution >= 0.6 is 23.2 Å². The molecule has 1 fully saturated rings. The van der Waals surface area contributed by atoms with Crippen molar-refractivity contribution in [2.24, 2.45) is 0 Å². The Morgan fingerprint density at radius 3 is 2.90 bits per heavy atom. The van der Waals surface area contributed by atoms with Crippen molar-refractivity contribution in [3.05, 3.63) is 28.2 Å². The molecule has 112 valence electrons. The molecule has 1 aliphatic heterocycles. The van der Waals surface area contributed by atoms with Gasteiger partial charge in [0.05, 0.1) is 16.1 Å². The SMILES string of the molecule is Clc1cnc(-c2noc(COC3CCNCC3)n2)c(Cl)c1. The third kappa shape index (κ3) is 3.71. The predicted molar refractivity (Wildman–Crippen MR) is 78.2 cm³/mol. The highest BCUT2D eigenvalue weighted by Gasteiger charge is 2.17. The molecule has 0 radical (unpaired) electrons. The molecular formula is C13H14Cl2N4O2. The zero-order valence-electron chi connectivity index (χ0n) is 11.2. The summed E-state index contributed by atoms with van der Waals surface area (Å²) in [5.74, 6) is 0.747. The quantitative estimate of drug-likeness (QED) is 0.930. The van der Waals surface area contributed by atoms with E-state index < -0.39 is 0 Å². The van der Waals surface area contributed by atoms with Gasteiger partial charge in [-0.3, -0.25) is 0 Å². The monoisotopic (exact) mass is 328 g/mol. The van der Waals surface area contributed by atoms with Crippen LogP contribution in [0.15, 0.2) is 16.8 Å². The van der Waals surface area contributed by atoms with Gasteiger partial charge in [0.2, 0.25) is 5.82 Å². The van der Waals surface area contributed by atoms with Gasteiger partial charge in [0.25, 0.3) is 5.89 Å². The molecule has 21 heavy (non-hydrogen) atoms. The number of nitrogens with zero attached hydrogens (tertiary/aromatic N) is 3. The van der Waals surface area contributed by atoms with Gasteiger partial charge in [-0.05, 0) is 32.0 Å². The number of aromatic nitrogens is 3. The van der Waals surface area contributed by atoms with Crippen molar-refractivity contribution in [1.29, 1.82) is 0 Å². The maximum Gasteiger partial charge on any atom is 0.253 e. The molecule has 1 N–H and O–H groups in total.